The number of nitrogens with one attached hydrogen (secondary N) is 1. The first kappa shape index (κ1) is 17.7. The van der Waals surface area contributed by atoms with E-state index in [9.17, 15) is 0 Å². The Labute approximate surface area is 150 Å². The van der Waals surface area contributed by atoms with Gasteiger partial charge < -0.3 is 5.32 Å². The number of halogens is 1. The molecule has 0 amide bonds. The van der Waals surface area contributed by atoms with E-state index < -0.39 is 0 Å². The third kappa shape index (κ3) is 4.41. The maximum absolute atomic E-state index is 4.93. The molecule has 21 heavy (non-hydrogen) atoms. The van der Waals surface area contributed by atoms with E-state index in [2.05, 4.69) is 60.4 Å². The highest BCUT2D eigenvalue weighted by atomic mass is 127. The molecule has 3 nitrogen and oxygen atoms in total. The van der Waals surface area contributed by atoms with Crippen LogP contribution in [0.5, 0.6) is 0 Å². The molecule has 0 saturated carbocycles. The second-order valence-corrected chi connectivity index (χ2v) is 8.76. The third-order valence-electron chi connectivity index (χ3n) is 3.48. The third-order valence-corrected chi connectivity index (χ3v) is 7.85. The van der Waals surface area contributed by atoms with Crippen molar-refractivity contribution in [3.8, 4) is 0 Å². The summed E-state index contributed by atoms with van der Waals surface area (Å²) >= 11 is 6.51. The second kappa shape index (κ2) is 8.82. The van der Waals surface area contributed by atoms with Gasteiger partial charge in [-0.3, -0.25) is 0 Å². The second-order valence-electron chi connectivity index (χ2n) is 5.08. The molecular weight excluding hydrogens is 413 g/mol. The number of thioether (sulfide) groups is 2. The van der Waals surface area contributed by atoms with Crippen molar-refractivity contribution in [3.05, 3.63) is 15.1 Å². The maximum Gasteiger partial charge on any atom is 0.145 e. The minimum atomic E-state index is 0.443. The van der Waals surface area contributed by atoms with Gasteiger partial charge in [0.1, 0.15) is 11.6 Å². The van der Waals surface area contributed by atoms with Gasteiger partial charge in [0.15, 0.2) is 0 Å². The van der Waals surface area contributed by atoms with Gasteiger partial charge in [-0.2, -0.15) is 11.8 Å². The quantitative estimate of drug-likeness (QED) is 0.650. The molecule has 1 aliphatic heterocycles. The first-order chi connectivity index (χ1) is 10.2. The van der Waals surface area contributed by atoms with E-state index in [1.54, 1.807) is 0 Å². The summed E-state index contributed by atoms with van der Waals surface area (Å²) in [5.41, 5.74) is 1.21. The van der Waals surface area contributed by atoms with E-state index in [1.807, 2.05) is 11.8 Å². The summed E-state index contributed by atoms with van der Waals surface area (Å²) in [6.45, 7) is 7.52. The fourth-order valence-corrected chi connectivity index (χ4v) is 6.16. The van der Waals surface area contributed by atoms with Crippen LogP contribution in [0.4, 0.5) is 5.82 Å². The summed E-state index contributed by atoms with van der Waals surface area (Å²) in [5, 5.41) is 4.50. The monoisotopic (exact) mass is 437 g/mol. The van der Waals surface area contributed by atoms with Gasteiger partial charge in [0, 0.05) is 23.3 Å². The SMILES string of the molecule is CCCc1nc(C2SCCSC2CC)nc(NCC)c1I. The van der Waals surface area contributed by atoms with Crippen LogP contribution in [0.3, 0.4) is 0 Å². The van der Waals surface area contributed by atoms with Crippen molar-refractivity contribution >= 4 is 51.9 Å². The lowest BCUT2D eigenvalue weighted by atomic mass is 10.2. The number of rotatable bonds is 6. The molecule has 2 atom stereocenters. The normalized spacial score (nSPS) is 22.3. The van der Waals surface area contributed by atoms with Gasteiger partial charge in [0.05, 0.1) is 14.5 Å². The molecule has 2 heterocycles. The zero-order valence-electron chi connectivity index (χ0n) is 13.0. The van der Waals surface area contributed by atoms with E-state index in [4.69, 9.17) is 9.97 Å². The van der Waals surface area contributed by atoms with Crippen LogP contribution in [0.15, 0.2) is 0 Å². The molecule has 1 aromatic heterocycles. The minimum Gasteiger partial charge on any atom is -0.369 e. The lowest BCUT2D eigenvalue weighted by molar-refractivity contribution is 0.733. The van der Waals surface area contributed by atoms with Crippen molar-refractivity contribution in [1.82, 2.24) is 9.97 Å². The van der Waals surface area contributed by atoms with Gasteiger partial charge in [-0.1, -0.05) is 20.3 Å². The first-order valence-electron chi connectivity index (χ1n) is 7.74. The molecule has 0 spiro atoms. The predicted octanol–water partition coefficient (Wildman–Crippen LogP) is 4.77. The van der Waals surface area contributed by atoms with Gasteiger partial charge >= 0.3 is 0 Å². The minimum absolute atomic E-state index is 0.443. The average molecular weight is 437 g/mol. The molecule has 6 heteroatoms. The van der Waals surface area contributed by atoms with Crippen LogP contribution in [0.2, 0.25) is 0 Å². The van der Waals surface area contributed by atoms with Crippen LogP contribution in [-0.2, 0) is 6.42 Å². The number of hydrogen-bond acceptors (Lipinski definition) is 5. The summed E-state index contributed by atoms with van der Waals surface area (Å²) in [4.78, 5) is 9.80. The number of aromatic nitrogens is 2. The Morgan fingerprint density at radius 2 is 1.95 bits per heavy atom. The number of aryl methyl sites for hydroxylation is 1. The Balaban J connectivity index is 2.36. The van der Waals surface area contributed by atoms with Gasteiger partial charge in [0.2, 0.25) is 0 Å². The van der Waals surface area contributed by atoms with E-state index in [0.29, 0.717) is 10.5 Å². The Hall–Kier alpha value is 0.310. The highest BCUT2D eigenvalue weighted by molar-refractivity contribution is 14.1. The number of anilines is 1. The average Bonchev–Trinajstić information content (AvgIpc) is 2.51. The zero-order valence-corrected chi connectivity index (χ0v) is 16.8. The van der Waals surface area contributed by atoms with Crippen LogP contribution in [0.25, 0.3) is 0 Å². The molecule has 118 valence electrons. The molecule has 2 unspecified atom stereocenters. The predicted molar refractivity (Wildman–Crippen MR) is 105 cm³/mol. The van der Waals surface area contributed by atoms with Crippen molar-refractivity contribution in [2.45, 2.75) is 50.5 Å². The maximum atomic E-state index is 4.93. The van der Waals surface area contributed by atoms with Gasteiger partial charge in [0.25, 0.3) is 0 Å². The summed E-state index contributed by atoms with van der Waals surface area (Å²) in [6, 6.07) is 0. The van der Waals surface area contributed by atoms with Gasteiger partial charge in [-0.05, 0) is 42.4 Å². The fourth-order valence-electron chi connectivity index (χ4n) is 2.47. The van der Waals surface area contributed by atoms with Crippen molar-refractivity contribution in [2.24, 2.45) is 0 Å². The van der Waals surface area contributed by atoms with Crippen molar-refractivity contribution in [2.75, 3.05) is 23.4 Å². The molecule has 1 saturated heterocycles. The first-order valence-corrected chi connectivity index (χ1v) is 10.9. The van der Waals surface area contributed by atoms with Crippen molar-refractivity contribution < 1.29 is 0 Å². The topological polar surface area (TPSA) is 37.8 Å². The molecule has 1 aliphatic rings. The molecule has 0 radical (unpaired) electrons. The molecule has 0 aromatic carbocycles. The van der Waals surface area contributed by atoms with Crippen LogP contribution in [0, 0.1) is 3.57 Å². The van der Waals surface area contributed by atoms with E-state index in [0.717, 1.165) is 31.0 Å². The Morgan fingerprint density at radius 3 is 2.62 bits per heavy atom. The largest absolute Gasteiger partial charge is 0.369 e. The van der Waals surface area contributed by atoms with Crippen LogP contribution < -0.4 is 5.32 Å². The zero-order chi connectivity index (χ0) is 15.2. The van der Waals surface area contributed by atoms with E-state index >= 15 is 0 Å². The summed E-state index contributed by atoms with van der Waals surface area (Å²) in [7, 11) is 0. The van der Waals surface area contributed by atoms with Crippen LogP contribution in [0.1, 0.15) is 50.4 Å². The Kier molecular flexibility index (Phi) is 7.41. The fraction of sp³-hybridized carbons (Fsp3) is 0.733. The van der Waals surface area contributed by atoms with E-state index in [1.165, 1.54) is 27.2 Å². The number of nitrogens with zero attached hydrogens (tertiary/aromatic N) is 2. The lowest BCUT2D eigenvalue weighted by Crippen LogP contribution is -2.22. The summed E-state index contributed by atoms with van der Waals surface area (Å²) in [6.07, 6.45) is 3.35. The summed E-state index contributed by atoms with van der Waals surface area (Å²) in [5.74, 6) is 4.53. The van der Waals surface area contributed by atoms with Gasteiger partial charge in [-0.15, -0.1) is 11.8 Å². The summed E-state index contributed by atoms with van der Waals surface area (Å²) < 4.78 is 1.20. The molecule has 1 fully saturated rings. The highest BCUT2D eigenvalue weighted by Crippen LogP contribution is 2.43. The lowest BCUT2D eigenvalue weighted by Gasteiger charge is -2.29. The molecule has 1 N–H and O–H groups in total. The Bertz CT molecular complexity index is 443. The smallest absolute Gasteiger partial charge is 0.145 e. The van der Waals surface area contributed by atoms with Crippen molar-refractivity contribution in [3.63, 3.8) is 0 Å². The Morgan fingerprint density at radius 1 is 1.19 bits per heavy atom. The van der Waals surface area contributed by atoms with Crippen LogP contribution in [-0.4, -0.2) is 33.3 Å². The van der Waals surface area contributed by atoms with Crippen molar-refractivity contribution in [1.29, 1.82) is 0 Å². The van der Waals surface area contributed by atoms with Gasteiger partial charge in [-0.25, -0.2) is 9.97 Å². The van der Waals surface area contributed by atoms with E-state index in [-0.39, 0.29) is 0 Å². The van der Waals surface area contributed by atoms with Crippen LogP contribution >= 0.6 is 46.1 Å². The standard InChI is InChI=1S/C15H24IN3S2/c1-4-7-10-12(16)14(17-6-3)19-15(18-10)13-11(5-2)20-8-9-21-13/h11,13H,4-9H2,1-3H3,(H,17,18,19). The molecule has 2 rings (SSSR count). The molecule has 0 bridgehead atoms. The number of hydrogen-bond donors (Lipinski definition) is 1. The molecule has 1 aromatic rings. The molecular formula is C15H24IN3S2. The molecule has 0 aliphatic carbocycles. The highest BCUT2D eigenvalue weighted by Gasteiger charge is 2.29.